The summed E-state index contributed by atoms with van der Waals surface area (Å²) in [4.78, 5) is 23.5. The molecule has 1 atom stereocenters. The molecule has 1 unspecified atom stereocenters. The first-order valence-corrected chi connectivity index (χ1v) is 7.28. The number of hydrogen-bond donors (Lipinski definition) is 0. The Bertz CT molecular complexity index is 576. The second kappa shape index (κ2) is 7.64. The number of methoxy groups -OCH3 is 2. The molecular formula is C17H20O5. The van der Waals surface area contributed by atoms with E-state index in [9.17, 15) is 9.59 Å². The topological polar surface area (TPSA) is 61.8 Å². The van der Waals surface area contributed by atoms with Crippen LogP contribution in [0, 0.1) is 0 Å². The van der Waals surface area contributed by atoms with Crippen LogP contribution >= 0.6 is 0 Å². The summed E-state index contributed by atoms with van der Waals surface area (Å²) in [5.74, 6) is 0.611. The van der Waals surface area contributed by atoms with Crippen molar-refractivity contribution in [3.8, 4) is 11.5 Å². The van der Waals surface area contributed by atoms with E-state index in [4.69, 9.17) is 14.2 Å². The highest BCUT2D eigenvalue weighted by Crippen LogP contribution is 2.31. The molecule has 0 aliphatic heterocycles. The lowest BCUT2D eigenvalue weighted by Crippen LogP contribution is -2.29. The first kappa shape index (κ1) is 16.1. The Kier molecular flexibility index (Phi) is 5.58. The van der Waals surface area contributed by atoms with Crippen molar-refractivity contribution in [3.05, 3.63) is 29.8 Å². The van der Waals surface area contributed by atoms with Crippen LogP contribution < -0.4 is 9.47 Å². The predicted octanol–water partition coefficient (Wildman–Crippen LogP) is 2.77. The molecule has 1 aromatic carbocycles. The summed E-state index contributed by atoms with van der Waals surface area (Å²) in [7, 11) is 3.09. The fourth-order valence-electron chi connectivity index (χ4n) is 2.46. The van der Waals surface area contributed by atoms with Crippen molar-refractivity contribution in [2.24, 2.45) is 0 Å². The molecule has 0 saturated heterocycles. The molecule has 22 heavy (non-hydrogen) atoms. The zero-order chi connectivity index (χ0) is 15.9. The van der Waals surface area contributed by atoms with E-state index in [1.807, 2.05) is 0 Å². The van der Waals surface area contributed by atoms with Gasteiger partial charge in [-0.2, -0.15) is 0 Å². The quantitative estimate of drug-likeness (QED) is 0.618. The third kappa shape index (κ3) is 3.87. The molecular weight excluding hydrogens is 284 g/mol. The zero-order valence-electron chi connectivity index (χ0n) is 12.8. The maximum absolute atomic E-state index is 11.9. The molecule has 0 N–H and O–H groups in total. The van der Waals surface area contributed by atoms with Gasteiger partial charge in [0, 0.05) is 18.1 Å². The molecule has 118 valence electrons. The van der Waals surface area contributed by atoms with Crippen LogP contribution in [0.25, 0.3) is 6.08 Å². The van der Waals surface area contributed by atoms with Gasteiger partial charge < -0.3 is 14.2 Å². The largest absolute Gasteiger partial charge is 0.493 e. The van der Waals surface area contributed by atoms with Gasteiger partial charge in [-0.3, -0.25) is 4.79 Å². The van der Waals surface area contributed by atoms with Crippen LogP contribution in [-0.4, -0.2) is 32.1 Å². The van der Waals surface area contributed by atoms with Crippen molar-refractivity contribution >= 4 is 17.8 Å². The average molecular weight is 304 g/mol. The highest BCUT2D eigenvalue weighted by Gasteiger charge is 2.24. The Balaban J connectivity index is 2.05. The minimum atomic E-state index is -0.599. The molecule has 5 heteroatoms. The number of para-hydroxylation sites is 1. The first-order chi connectivity index (χ1) is 10.7. The van der Waals surface area contributed by atoms with Gasteiger partial charge in [0.25, 0.3) is 0 Å². The van der Waals surface area contributed by atoms with E-state index in [1.165, 1.54) is 13.2 Å². The SMILES string of the molecule is COc1cccc(/C=C/C(=O)OC2CCCCC2=O)c1OC. The Labute approximate surface area is 129 Å². The van der Waals surface area contributed by atoms with Crippen LogP contribution in [0.2, 0.25) is 0 Å². The Morgan fingerprint density at radius 1 is 1.23 bits per heavy atom. The fraction of sp³-hybridized carbons (Fsp3) is 0.412. The van der Waals surface area contributed by atoms with Gasteiger partial charge in [-0.1, -0.05) is 12.1 Å². The standard InChI is InChI=1S/C17H20O5/c1-20-15-9-5-6-12(17(15)21-2)10-11-16(19)22-14-8-4-3-7-13(14)18/h5-6,9-11,14H,3-4,7-8H2,1-2H3/b11-10+. The van der Waals surface area contributed by atoms with Crippen LogP contribution in [-0.2, 0) is 14.3 Å². The lowest BCUT2D eigenvalue weighted by Gasteiger charge is -2.19. The summed E-state index contributed by atoms with van der Waals surface area (Å²) in [6.07, 6.45) is 5.20. The van der Waals surface area contributed by atoms with E-state index in [2.05, 4.69) is 0 Å². The van der Waals surface area contributed by atoms with Crippen molar-refractivity contribution in [2.75, 3.05) is 14.2 Å². The van der Waals surface area contributed by atoms with Gasteiger partial charge >= 0.3 is 5.97 Å². The van der Waals surface area contributed by atoms with Crippen molar-refractivity contribution in [1.82, 2.24) is 0 Å². The highest BCUT2D eigenvalue weighted by molar-refractivity contribution is 5.91. The van der Waals surface area contributed by atoms with Gasteiger partial charge in [0.1, 0.15) is 0 Å². The zero-order valence-corrected chi connectivity index (χ0v) is 12.8. The second-order valence-corrected chi connectivity index (χ2v) is 5.05. The molecule has 0 bridgehead atoms. The molecule has 0 spiro atoms. The van der Waals surface area contributed by atoms with Crippen LogP contribution in [0.3, 0.4) is 0 Å². The lowest BCUT2D eigenvalue weighted by molar-refractivity contribution is -0.152. The van der Waals surface area contributed by atoms with E-state index >= 15 is 0 Å². The van der Waals surface area contributed by atoms with E-state index in [0.29, 0.717) is 29.9 Å². The number of ether oxygens (including phenoxy) is 3. The molecule has 1 aromatic rings. The van der Waals surface area contributed by atoms with E-state index in [1.54, 1.807) is 31.4 Å². The number of rotatable bonds is 5. The summed E-state index contributed by atoms with van der Waals surface area (Å²) < 4.78 is 15.7. The summed E-state index contributed by atoms with van der Waals surface area (Å²) >= 11 is 0. The Hall–Kier alpha value is -2.30. The minimum Gasteiger partial charge on any atom is -0.493 e. The summed E-state index contributed by atoms with van der Waals surface area (Å²) in [6.45, 7) is 0. The normalized spacial score (nSPS) is 18.3. The number of Topliss-reactive ketones (excluding diaryl/α,β-unsaturated/α-hetero) is 1. The van der Waals surface area contributed by atoms with Crippen LogP contribution in [0.15, 0.2) is 24.3 Å². The molecule has 0 amide bonds. The number of carbonyl (C=O) groups excluding carboxylic acids is 2. The first-order valence-electron chi connectivity index (χ1n) is 7.28. The maximum atomic E-state index is 11.9. The number of ketones is 1. The predicted molar refractivity (Wildman–Crippen MR) is 81.9 cm³/mol. The third-order valence-corrected chi connectivity index (χ3v) is 3.59. The van der Waals surface area contributed by atoms with Gasteiger partial charge in [0.05, 0.1) is 14.2 Å². The molecule has 0 radical (unpaired) electrons. The summed E-state index contributed by atoms with van der Waals surface area (Å²) in [6, 6.07) is 5.38. The van der Waals surface area contributed by atoms with Crippen LogP contribution in [0.5, 0.6) is 11.5 Å². The maximum Gasteiger partial charge on any atom is 0.331 e. The van der Waals surface area contributed by atoms with Crippen LogP contribution in [0.4, 0.5) is 0 Å². The van der Waals surface area contributed by atoms with Crippen molar-refractivity contribution in [1.29, 1.82) is 0 Å². The van der Waals surface area contributed by atoms with Gasteiger partial charge in [0.2, 0.25) is 0 Å². The smallest absolute Gasteiger partial charge is 0.331 e. The Morgan fingerprint density at radius 2 is 2.05 bits per heavy atom. The fourth-order valence-corrected chi connectivity index (χ4v) is 2.46. The van der Waals surface area contributed by atoms with Gasteiger partial charge in [-0.05, 0) is 31.4 Å². The number of carbonyl (C=O) groups is 2. The molecule has 1 fully saturated rings. The molecule has 0 aromatic heterocycles. The minimum absolute atomic E-state index is 0.00645. The lowest BCUT2D eigenvalue weighted by atomic mass is 9.96. The van der Waals surface area contributed by atoms with Gasteiger partial charge in [0.15, 0.2) is 23.4 Å². The van der Waals surface area contributed by atoms with Crippen molar-refractivity contribution < 1.29 is 23.8 Å². The molecule has 1 aliphatic rings. The highest BCUT2D eigenvalue weighted by atomic mass is 16.5. The van der Waals surface area contributed by atoms with E-state index in [-0.39, 0.29) is 5.78 Å². The molecule has 1 saturated carbocycles. The summed E-state index contributed by atoms with van der Waals surface area (Å²) in [5, 5.41) is 0. The van der Waals surface area contributed by atoms with Gasteiger partial charge in [-0.25, -0.2) is 4.79 Å². The van der Waals surface area contributed by atoms with E-state index < -0.39 is 12.1 Å². The second-order valence-electron chi connectivity index (χ2n) is 5.05. The molecule has 1 aliphatic carbocycles. The Morgan fingerprint density at radius 3 is 2.73 bits per heavy atom. The van der Waals surface area contributed by atoms with Crippen molar-refractivity contribution in [2.45, 2.75) is 31.8 Å². The van der Waals surface area contributed by atoms with Crippen molar-refractivity contribution in [3.63, 3.8) is 0 Å². The molecule has 2 rings (SSSR count). The summed E-state index contributed by atoms with van der Waals surface area (Å²) in [5.41, 5.74) is 0.703. The third-order valence-electron chi connectivity index (χ3n) is 3.59. The monoisotopic (exact) mass is 304 g/mol. The molecule has 0 heterocycles. The number of benzene rings is 1. The average Bonchev–Trinajstić information content (AvgIpc) is 2.54. The molecule has 5 nitrogen and oxygen atoms in total. The van der Waals surface area contributed by atoms with E-state index in [0.717, 1.165) is 12.8 Å². The number of esters is 1. The number of hydrogen-bond acceptors (Lipinski definition) is 5. The van der Waals surface area contributed by atoms with Crippen LogP contribution in [0.1, 0.15) is 31.2 Å². The van der Waals surface area contributed by atoms with Gasteiger partial charge in [-0.15, -0.1) is 0 Å².